The summed E-state index contributed by atoms with van der Waals surface area (Å²) in [6.45, 7) is 5.55. The first-order valence-electron chi connectivity index (χ1n) is 4.72. The number of hydrogen-bond acceptors (Lipinski definition) is 4. The third kappa shape index (κ3) is 2.22. The van der Waals surface area contributed by atoms with E-state index < -0.39 is 10.0 Å². The summed E-state index contributed by atoms with van der Waals surface area (Å²) >= 11 is 0. The molecule has 3 N–H and O–H groups in total. The standard InChI is InChI=1S/C9H16N2O3S/c1-4-11-15(12,13)9-7(3)14-6(2)8(9)5-10/h11H,4-5,10H2,1-3H3. The first-order chi connectivity index (χ1) is 6.94. The van der Waals surface area contributed by atoms with Gasteiger partial charge in [0.2, 0.25) is 10.0 Å². The molecule has 15 heavy (non-hydrogen) atoms. The van der Waals surface area contributed by atoms with Crippen molar-refractivity contribution in [1.82, 2.24) is 4.72 Å². The summed E-state index contributed by atoms with van der Waals surface area (Å²) < 4.78 is 31.3. The van der Waals surface area contributed by atoms with E-state index >= 15 is 0 Å². The molecule has 0 spiro atoms. The molecule has 5 nitrogen and oxygen atoms in total. The van der Waals surface area contributed by atoms with Crippen LogP contribution in [0.25, 0.3) is 0 Å². The Kier molecular flexibility index (Phi) is 3.54. The monoisotopic (exact) mass is 232 g/mol. The molecule has 0 saturated carbocycles. The maximum absolute atomic E-state index is 11.8. The van der Waals surface area contributed by atoms with Crippen molar-refractivity contribution < 1.29 is 12.8 Å². The van der Waals surface area contributed by atoms with Crippen LogP contribution in [0.2, 0.25) is 0 Å². The van der Waals surface area contributed by atoms with E-state index in [0.717, 1.165) is 0 Å². The summed E-state index contributed by atoms with van der Waals surface area (Å²) in [4.78, 5) is 0.185. The van der Waals surface area contributed by atoms with E-state index in [4.69, 9.17) is 10.2 Å². The zero-order chi connectivity index (χ0) is 11.6. The molecule has 0 bridgehead atoms. The molecule has 0 aromatic carbocycles. The summed E-state index contributed by atoms with van der Waals surface area (Å²) in [6.07, 6.45) is 0. The molecule has 0 aliphatic carbocycles. The lowest BCUT2D eigenvalue weighted by molar-refractivity contribution is 0.494. The van der Waals surface area contributed by atoms with Crippen molar-refractivity contribution in [3.05, 3.63) is 17.1 Å². The van der Waals surface area contributed by atoms with E-state index in [1.807, 2.05) is 0 Å². The summed E-state index contributed by atoms with van der Waals surface area (Å²) in [7, 11) is -3.49. The minimum Gasteiger partial charge on any atom is -0.465 e. The van der Waals surface area contributed by atoms with Gasteiger partial charge in [-0.2, -0.15) is 0 Å². The van der Waals surface area contributed by atoms with Gasteiger partial charge in [0.05, 0.1) is 0 Å². The fraction of sp³-hybridized carbons (Fsp3) is 0.556. The highest BCUT2D eigenvalue weighted by molar-refractivity contribution is 7.89. The number of aryl methyl sites for hydroxylation is 2. The quantitative estimate of drug-likeness (QED) is 0.798. The van der Waals surface area contributed by atoms with Crippen LogP contribution in [-0.2, 0) is 16.6 Å². The predicted molar refractivity (Wildman–Crippen MR) is 56.9 cm³/mol. The van der Waals surface area contributed by atoms with Crippen LogP contribution in [0.5, 0.6) is 0 Å². The van der Waals surface area contributed by atoms with Crippen molar-refractivity contribution in [3.8, 4) is 0 Å². The Labute approximate surface area is 89.7 Å². The van der Waals surface area contributed by atoms with Crippen molar-refractivity contribution >= 4 is 10.0 Å². The number of furan rings is 1. The van der Waals surface area contributed by atoms with Crippen molar-refractivity contribution in [2.75, 3.05) is 6.54 Å². The Bertz CT molecular complexity index is 448. The molecule has 1 heterocycles. The van der Waals surface area contributed by atoms with Gasteiger partial charge in [-0.05, 0) is 13.8 Å². The molecule has 0 aliphatic rings. The van der Waals surface area contributed by atoms with Gasteiger partial charge in [0, 0.05) is 18.7 Å². The van der Waals surface area contributed by atoms with Crippen LogP contribution in [0.3, 0.4) is 0 Å². The van der Waals surface area contributed by atoms with Gasteiger partial charge < -0.3 is 10.2 Å². The third-order valence-corrected chi connectivity index (χ3v) is 3.87. The summed E-state index contributed by atoms with van der Waals surface area (Å²) in [5.74, 6) is 0.945. The van der Waals surface area contributed by atoms with E-state index in [1.165, 1.54) is 0 Å². The maximum atomic E-state index is 11.8. The lowest BCUT2D eigenvalue weighted by Gasteiger charge is -2.04. The number of hydrogen-bond donors (Lipinski definition) is 2. The molecule has 1 aromatic heterocycles. The van der Waals surface area contributed by atoms with E-state index in [1.54, 1.807) is 20.8 Å². The highest BCUT2D eigenvalue weighted by Crippen LogP contribution is 2.25. The van der Waals surface area contributed by atoms with Gasteiger partial charge in [0.1, 0.15) is 16.4 Å². The molecule has 0 unspecified atom stereocenters. The lowest BCUT2D eigenvalue weighted by Crippen LogP contribution is -2.24. The van der Waals surface area contributed by atoms with Crippen LogP contribution < -0.4 is 10.5 Å². The minimum atomic E-state index is -3.49. The molecular weight excluding hydrogens is 216 g/mol. The summed E-state index contributed by atoms with van der Waals surface area (Å²) in [5.41, 5.74) is 6.05. The predicted octanol–water partition coefficient (Wildman–Crippen LogP) is 0.653. The zero-order valence-electron chi connectivity index (χ0n) is 9.12. The second-order valence-electron chi connectivity index (χ2n) is 3.23. The lowest BCUT2D eigenvalue weighted by atomic mass is 10.2. The molecule has 0 radical (unpaired) electrons. The van der Waals surface area contributed by atoms with Crippen molar-refractivity contribution in [2.45, 2.75) is 32.2 Å². The van der Waals surface area contributed by atoms with Crippen molar-refractivity contribution in [1.29, 1.82) is 0 Å². The minimum absolute atomic E-state index is 0.156. The Morgan fingerprint density at radius 2 is 1.93 bits per heavy atom. The number of rotatable bonds is 4. The molecular formula is C9H16N2O3S. The maximum Gasteiger partial charge on any atom is 0.244 e. The molecule has 6 heteroatoms. The fourth-order valence-electron chi connectivity index (χ4n) is 1.56. The SMILES string of the molecule is CCNS(=O)(=O)c1c(C)oc(C)c1CN. The first-order valence-corrected chi connectivity index (χ1v) is 6.21. The van der Waals surface area contributed by atoms with Gasteiger partial charge in [-0.25, -0.2) is 13.1 Å². The fourth-order valence-corrected chi connectivity index (χ4v) is 3.06. The Balaban J connectivity index is 3.36. The average Bonchev–Trinajstić information content (AvgIpc) is 2.40. The first kappa shape index (κ1) is 12.2. The highest BCUT2D eigenvalue weighted by atomic mass is 32.2. The van der Waals surface area contributed by atoms with Crippen LogP contribution in [0.15, 0.2) is 9.31 Å². The zero-order valence-corrected chi connectivity index (χ0v) is 9.94. The Morgan fingerprint density at radius 3 is 2.40 bits per heavy atom. The van der Waals surface area contributed by atoms with Crippen LogP contribution >= 0.6 is 0 Å². The highest BCUT2D eigenvalue weighted by Gasteiger charge is 2.25. The second-order valence-corrected chi connectivity index (χ2v) is 4.93. The summed E-state index contributed by atoms with van der Waals surface area (Å²) in [5, 5.41) is 0. The number of nitrogens with two attached hydrogens (primary N) is 1. The molecule has 0 aliphatic heterocycles. The van der Waals surface area contributed by atoms with Gasteiger partial charge >= 0.3 is 0 Å². The van der Waals surface area contributed by atoms with Gasteiger partial charge in [-0.15, -0.1) is 0 Å². The number of sulfonamides is 1. The van der Waals surface area contributed by atoms with Crippen molar-refractivity contribution in [3.63, 3.8) is 0 Å². The molecule has 1 aromatic rings. The smallest absolute Gasteiger partial charge is 0.244 e. The van der Waals surface area contributed by atoms with E-state index in [2.05, 4.69) is 4.72 Å². The molecule has 0 atom stereocenters. The molecule has 0 saturated heterocycles. The van der Waals surface area contributed by atoms with Crippen LogP contribution in [0, 0.1) is 13.8 Å². The Hall–Kier alpha value is -0.850. The van der Waals surface area contributed by atoms with E-state index in [-0.39, 0.29) is 11.4 Å². The van der Waals surface area contributed by atoms with E-state index in [0.29, 0.717) is 23.6 Å². The third-order valence-electron chi connectivity index (χ3n) is 2.13. The molecule has 86 valence electrons. The van der Waals surface area contributed by atoms with Crippen LogP contribution in [0.1, 0.15) is 24.0 Å². The molecule has 0 fully saturated rings. The largest absolute Gasteiger partial charge is 0.465 e. The summed E-state index contributed by atoms with van der Waals surface area (Å²) in [6, 6.07) is 0. The average molecular weight is 232 g/mol. The molecule has 0 amide bonds. The van der Waals surface area contributed by atoms with E-state index in [9.17, 15) is 8.42 Å². The van der Waals surface area contributed by atoms with Gasteiger partial charge in [-0.3, -0.25) is 0 Å². The molecule has 1 rings (SSSR count). The van der Waals surface area contributed by atoms with Gasteiger partial charge in [0.25, 0.3) is 0 Å². The van der Waals surface area contributed by atoms with Crippen molar-refractivity contribution in [2.24, 2.45) is 5.73 Å². The van der Waals surface area contributed by atoms with Crippen LogP contribution in [-0.4, -0.2) is 15.0 Å². The Morgan fingerprint density at radius 1 is 1.33 bits per heavy atom. The second kappa shape index (κ2) is 4.34. The van der Waals surface area contributed by atoms with Gasteiger partial charge in [-0.1, -0.05) is 6.92 Å². The van der Waals surface area contributed by atoms with Crippen LogP contribution in [0.4, 0.5) is 0 Å². The normalized spacial score (nSPS) is 12.0. The van der Waals surface area contributed by atoms with Gasteiger partial charge in [0.15, 0.2) is 0 Å². The number of nitrogens with one attached hydrogen (secondary N) is 1. The topological polar surface area (TPSA) is 85.3 Å².